The third kappa shape index (κ3) is 37000. The van der Waals surface area contributed by atoms with Gasteiger partial charge in [0, 0.05) is 0 Å². The lowest BCUT2D eigenvalue weighted by Gasteiger charge is -1.88. The van der Waals surface area contributed by atoms with Crippen molar-refractivity contribution in [3.63, 3.8) is 0 Å². The van der Waals surface area contributed by atoms with Gasteiger partial charge in [0.2, 0.25) is 21.0 Å². The Balaban J connectivity index is -0.0000000292. The fourth-order valence-corrected chi connectivity index (χ4v) is 0. The Morgan fingerprint density at radius 2 is 1.00 bits per heavy atom. The smallest absolute Gasteiger partial charge is 0.726 e. The minimum atomic E-state index is -4.92. The Labute approximate surface area is 83.4 Å². The average Bonchev–Trinajstić information content (AvgIpc) is 1.59. The van der Waals surface area contributed by atoms with Gasteiger partial charge in [-0.1, -0.05) is 0 Å². The molecule has 0 atom stereocenters. The highest BCUT2D eigenvalue weighted by Crippen LogP contribution is 1.59. The van der Waals surface area contributed by atoms with Crippen LogP contribution in [0.1, 0.15) is 0 Å². The van der Waals surface area contributed by atoms with Gasteiger partial charge in [-0.15, -0.1) is 0 Å². The van der Waals surface area contributed by atoms with Gasteiger partial charge in [0.05, 0.1) is 0 Å². The van der Waals surface area contributed by atoms with Crippen molar-refractivity contribution in [1.82, 2.24) is 12.3 Å². The van der Waals surface area contributed by atoms with Gasteiger partial charge in [-0.3, -0.25) is 13.7 Å². The summed E-state index contributed by atoms with van der Waals surface area (Å²) in [5.41, 5.74) is 0. The SMILES string of the molecule is F[SiH3].N.O=S(=O)(O)O.O=S(=O)([O-])O.[N+]. The highest BCUT2D eigenvalue weighted by molar-refractivity contribution is 7.80. The van der Waals surface area contributed by atoms with Gasteiger partial charge in [0.1, 0.15) is 0 Å². The lowest BCUT2D eigenvalue weighted by Crippen LogP contribution is -1.90. The lowest BCUT2D eigenvalue weighted by molar-refractivity contribution is 0.366. The lowest BCUT2D eigenvalue weighted by atomic mass is 14.0. The molecule has 90 valence electrons. The van der Waals surface area contributed by atoms with E-state index in [0.29, 0.717) is 0 Å². The molecule has 6 N–H and O–H groups in total. The molecule has 0 rings (SSSR count). The van der Waals surface area contributed by atoms with Gasteiger partial charge >= 0.3 is 16.5 Å². The number of nitrogens with zero attached hydrogens (tertiary/aromatic N) is 1. The topological polar surface area (TPSA) is 218 Å². The average molecular weight is 276 g/mol. The summed E-state index contributed by atoms with van der Waals surface area (Å²) in [6, 6.07) is 0. The highest BCUT2D eigenvalue weighted by atomic mass is 32.3. The molecule has 0 bridgehead atoms. The first-order valence-electron chi connectivity index (χ1n) is 1.76. The van der Waals surface area contributed by atoms with Crippen LogP contribution < -0.4 is 12.3 Å². The van der Waals surface area contributed by atoms with Crippen LogP contribution in [0.5, 0.6) is 0 Å². The Kier molecular flexibility index (Phi) is 26.7. The molecule has 0 heterocycles. The minimum Gasteiger partial charge on any atom is -0.726 e. The molecular weight excluding hydrogens is 267 g/mol. The third-order valence-electron chi connectivity index (χ3n) is 0. The summed E-state index contributed by atoms with van der Waals surface area (Å²) in [5, 5.41) is 0. The zero-order valence-corrected chi connectivity index (χ0v) is 10.4. The number of halogens is 1. The minimum absolute atomic E-state index is 0. The summed E-state index contributed by atoms with van der Waals surface area (Å²) < 4.78 is 74.1. The van der Waals surface area contributed by atoms with E-state index < -0.39 is 20.8 Å². The summed E-state index contributed by atoms with van der Waals surface area (Å²) in [7, 11) is -9.78. The maximum absolute atomic E-state index is 9.64. The summed E-state index contributed by atoms with van der Waals surface area (Å²) in [5.74, 6) is 0. The van der Waals surface area contributed by atoms with Crippen LogP contribution in [0.4, 0.5) is 4.11 Å². The quantitative estimate of drug-likeness (QED) is 0.156. The molecule has 14 heavy (non-hydrogen) atoms. The maximum atomic E-state index is 9.64. The molecule has 0 aliphatic heterocycles. The summed E-state index contributed by atoms with van der Waals surface area (Å²) in [6.07, 6.45) is 0. The Bertz CT molecular complexity index is 222. The van der Waals surface area contributed by atoms with E-state index in [1.807, 2.05) is 0 Å². The van der Waals surface area contributed by atoms with Gasteiger partial charge in [-0.25, -0.2) is 8.42 Å². The highest BCUT2D eigenvalue weighted by Gasteiger charge is 1.84. The van der Waals surface area contributed by atoms with Gasteiger partial charge in [0.15, 0.2) is 0 Å². The fraction of sp³-hybridized carbons (Fsp3) is 0. The van der Waals surface area contributed by atoms with E-state index in [1.165, 1.54) is 0 Å². The summed E-state index contributed by atoms with van der Waals surface area (Å²) in [6.45, 7) is 0. The van der Waals surface area contributed by atoms with Gasteiger partial charge in [0.25, 0.3) is 0 Å². The molecule has 0 unspecified atom stereocenters. The molecule has 0 saturated carbocycles. The van der Waals surface area contributed by atoms with Gasteiger partial charge in [-0.05, 0) is 0 Å². The zero-order valence-electron chi connectivity index (χ0n) is 6.73. The molecule has 0 aliphatic rings. The Hall–Kier alpha value is -0.193. The van der Waals surface area contributed by atoms with Crippen molar-refractivity contribution < 1.29 is 39.2 Å². The van der Waals surface area contributed by atoms with Crippen LogP contribution in [0.3, 0.4) is 0 Å². The van der Waals surface area contributed by atoms with Crippen LogP contribution in [-0.4, -0.2) is 45.6 Å². The van der Waals surface area contributed by atoms with E-state index in [4.69, 9.17) is 35.0 Å². The molecular formula is H9FN2O8S2Si. The van der Waals surface area contributed by atoms with Crippen molar-refractivity contribution in [2.45, 2.75) is 0 Å². The van der Waals surface area contributed by atoms with E-state index in [-0.39, 0.29) is 22.9 Å². The fourth-order valence-electron chi connectivity index (χ4n) is 0. The largest absolute Gasteiger partial charge is 1.00 e. The van der Waals surface area contributed by atoms with E-state index in [9.17, 15) is 4.11 Å². The van der Waals surface area contributed by atoms with Crippen LogP contribution in [-0.2, 0) is 20.8 Å². The third-order valence-corrected chi connectivity index (χ3v) is 0. The number of hydrogen-bond acceptors (Lipinski definition) is 6. The standard InChI is InChI=1S/FH3Si.H3N.N.2H2O4S/c1-2;;;2*1-5(2,3)4/h2H3;1H3;;2*(H2,1,2,3,4)/q;;+1;;/p-1. The van der Waals surface area contributed by atoms with Crippen LogP contribution >= 0.6 is 0 Å². The van der Waals surface area contributed by atoms with Crippen LogP contribution in [0.25, 0.3) is 0 Å². The molecule has 0 spiro atoms. The van der Waals surface area contributed by atoms with Crippen molar-refractivity contribution in [1.29, 1.82) is 0 Å². The molecule has 0 aromatic rings. The molecule has 0 amide bonds. The van der Waals surface area contributed by atoms with Crippen molar-refractivity contribution in [3.05, 3.63) is 0 Å². The van der Waals surface area contributed by atoms with E-state index in [1.54, 1.807) is 0 Å². The summed E-state index contributed by atoms with van der Waals surface area (Å²) in [4.78, 5) is 0. The van der Waals surface area contributed by atoms with Gasteiger partial charge in [-0.2, -0.15) is 8.42 Å². The molecule has 10 nitrogen and oxygen atoms in total. The second-order valence-corrected chi connectivity index (χ2v) is 2.63. The first-order chi connectivity index (χ1) is 5.00. The first-order valence-corrected chi connectivity index (χ1v) is 5.28. The molecule has 4 radical (unpaired) electrons. The van der Waals surface area contributed by atoms with Crippen LogP contribution in [0.15, 0.2) is 0 Å². The zero-order chi connectivity index (χ0) is 11.0. The predicted octanol–water partition coefficient (Wildman–Crippen LogP) is -2.73. The van der Waals surface area contributed by atoms with Gasteiger partial charge < -0.3 is 14.8 Å². The second kappa shape index (κ2) is 12.8. The van der Waals surface area contributed by atoms with Crippen molar-refractivity contribution in [2.75, 3.05) is 0 Å². The Morgan fingerprint density at radius 3 is 1.00 bits per heavy atom. The molecule has 0 aromatic carbocycles. The van der Waals surface area contributed by atoms with E-state index in [2.05, 4.69) is 0 Å². The number of hydrogen-bond donors (Lipinski definition) is 4. The first kappa shape index (κ1) is 29.2. The molecule has 0 saturated heterocycles. The van der Waals surface area contributed by atoms with Crippen molar-refractivity contribution >= 4 is 31.4 Å². The van der Waals surface area contributed by atoms with Crippen LogP contribution in [0.2, 0.25) is 0 Å². The molecule has 14 heteroatoms. The van der Waals surface area contributed by atoms with Crippen molar-refractivity contribution in [3.8, 4) is 0 Å². The van der Waals surface area contributed by atoms with E-state index in [0.717, 1.165) is 0 Å². The predicted molar refractivity (Wildman–Crippen MR) is 44.7 cm³/mol. The summed E-state index contributed by atoms with van der Waals surface area (Å²) >= 11 is 0. The maximum Gasteiger partial charge on any atom is 1.00 e. The molecule has 0 fully saturated rings. The molecule has 0 aromatic heterocycles. The van der Waals surface area contributed by atoms with E-state index >= 15 is 0 Å². The Morgan fingerprint density at radius 1 is 1.00 bits per heavy atom. The monoisotopic (exact) mass is 276 g/mol. The second-order valence-electron chi connectivity index (χ2n) is 0.876. The van der Waals surface area contributed by atoms with Crippen LogP contribution in [0, 0.1) is 0 Å². The number of rotatable bonds is 0. The molecule has 0 aliphatic carbocycles. The van der Waals surface area contributed by atoms with Crippen molar-refractivity contribution in [2.24, 2.45) is 0 Å². The normalized spacial score (nSPS) is 8.93.